The first-order valence-corrected chi connectivity index (χ1v) is 39.1. The molecular weight excluding hydrogens is 1150 g/mol. The van der Waals surface area contributed by atoms with E-state index in [4.69, 9.17) is 18.9 Å². The molecule has 0 radical (unpaired) electrons. The van der Waals surface area contributed by atoms with E-state index in [0.717, 1.165) is 96.3 Å². The lowest BCUT2D eigenvalue weighted by Crippen LogP contribution is -2.40. The van der Waals surface area contributed by atoms with Gasteiger partial charge in [0.05, 0.1) is 34.4 Å². The summed E-state index contributed by atoms with van der Waals surface area (Å²) in [6.07, 6.45) is 101. The molecule has 0 amide bonds. The van der Waals surface area contributed by atoms with Crippen LogP contribution in [0.1, 0.15) is 348 Å². The molecule has 0 aliphatic carbocycles. The molecule has 0 aliphatic rings. The zero-order chi connectivity index (χ0) is 67.5. The molecule has 93 heavy (non-hydrogen) atoms. The van der Waals surface area contributed by atoms with Gasteiger partial charge in [0.15, 0.2) is 6.10 Å². The molecule has 2 atom stereocenters. The maximum absolute atomic E-state index is 13.0. The number of likely N-dealkylation sites (N-methyl/N-ethyl adjacent to an activating group) is 1. The first kappa shape index (κ1) is 89.0. The second kappa shape index (κ2) is 73.8. The molecule has 0 heterocycles. The number of esters is 2. The van der Waals surface area contributed by atoms with E-state index in [1.54, 1.807) is 0 Å². The Morgan fingerprint density at radius 3 is 0.860 bits per heavy atom. The van der Waals surface area contributed by atoms with E-state index in [2.05, 4.69) is 123 Å². The predicted molar refractivity (Wildman–Crippen MR) is 401 cm³/mol. The number of carboxylic acids is 1. The first-order valence-electron chi connectivity index (χ1n) is 39.1. The highest BCUT2D eigenvalue weighted by Gasteiger charge is 2.25. The summed E-state index contributed by atoms with van der Waals surface area (Å²) in [6.45, 7) is 4.69. The summed E-state index contributed by atoms with van der Waals surface area (Å²) in [7, 11) is 5.99. The third kappa shape index (κ3) is 75.2. The van der Waals surface area contributed by atoms with Crippen LogP contribution in [0.4, 0.5) is 0 Å². The average Bonchev–Trinajstić information content (AvgIpc) is 3.38. The maximum atomic E-state index is 13.0. The van der Waals surface area contributed by atoms with Crippen molar-refractivity contribution in [1.29, 1.82) is 0 Å². The molecule has 0 bridgehead atoms. The van der Waals surface area contributed by atoms with Crippen molar-refractivity contribution in [1.82, 2.24) is 0 Å². The summed E-state index contributed by atoms with van der Waals surface area (Å²) in [4.78, 5) is 37.7. The highest BCUT2D eigenvalue weighted by Crippen LogP contribution is 2.19. The lowest BCUT2D eigenvalue weighted by molar-refractivity contribution is -0.870. The minimum absolute atomic E-state index is 0.181. The number of hydrogen-bond donors (Lipinski definition) is 1. The smallest absolute Gasteiger partial charge is 0.361 e. The molecule has 9 nitrogen and oxygen atoms in total. The van der Waals surface area contributed by atoms with Gasteiger partial charge in [0, 0.05) is 12.8 Å². The van der Waals surface area contributed by atoms with Gasteiger partial charge in [-0.2, -0.15) is 0 Å². The summed E-state index contributed by atoms with van der Waals surface area (Å²) in [5.41, 5.74) is 0. The van der Waals surface area contributed by atoms with Crippen molar-refractivity contribution in [3.63, 3.8) is 0 Å². The minimum atomic E-state index is -1.51. The van der Waals surface area contributed by atoms with E-state index in [1.165, 1.54) is 225 Å². The van der Waals surface area contributed by atoms with Crippen molar-refractivity contribution in [3.8, 4) is 0 Å². The van der Waals surface area contributed by atoms with E-state index >= 15 is 0 Å². The Balaban J connectivity index is 4.00. The Bertz CT molecular complexity index is 1900. The Labute approximate surface area is 575 Å². The van der Waals surface area contributed by atoms with Gasteiger partial charge < -0.3 is 28.5 Å². The number of ether oxygens (including phenoxy) is 4. The number of aliphatic carboxylic acids is 1. The molecule has 0 fully saturated rings. The Hall–Kier alpha value is -4.05. The number of quaternary nitrogens is 1. The van der Waals surface area contributed by atoms with Crippen LogP contribution in [-0.2, 0) is 33.3 Å². The molecule has 0 spiro atoms. The van der Waals surface area contributed by atoms with Crippen LogP contribution in [0.2, 0.25) is 0 Å². The van der Waals surface area contributed by atoms with Gasteiger partial charge >= 0.3 is 17.9 Å². The SMILES string of the molecule is CC/C=C\C/C=C\C/C=C\C/C=C\C/C=C\CCCCCCCCCCCCCCCCCCCCCCCCCC(=O)OC(COC(=O)CCCCCCCCCCCCCCCCCC/C=C\C/C=C\C/C=C\C/C=C\CC)COC(OCC[N+](C)(C)C)C(=O)O. The van der Waals surface area contributed by atoms with Crippen LogP contribution < -0.4 is 0 Å². The van der Waals surface area contributed by atoms with Crippen molar-refractivity contribution >= 4 is 17.9 Å². The van der Waals surface area contributed by atoms with E-state index in [0.29, 0.717) is 17.4 Å². The molecule has 0 saturated carbocycles. The van der Waals surface area contributed by atoms with Crippen LogP contribution in [0.25, 0.3) is 0 Å². The van der Waals surface area contributed by atoms with Gasteiger partial charge in [-0.25, -0.2) is 4.79 Å². The number of rotatable bonds is 72. The Kier molecular flexibility index (Phi) is 70.5. The largest absolute Gasteiger partial charge is 0.477 e. The van der Waals surface area contributed by atoms with Gasteiger partial charge in [-0.1, -0.05) is 348 Å². The zero-order valence-corrected chi connectivity index (χ0v) is 61.4. The van der Waals surface area contributed by atoms with E-state index in [-0.39, 0.29) is 38.2 Å². The summed E-state index contributed by atoms with van der Waals surface area (Å²) in [6, 6.07) is 0. The summed E-state index contributed by atoms with van der Waals surface area (Å²) in [5, 5.41) is 9.77. The van der Waals surface area contributed by atoms with Gasteiger partial charge in [-0.3, -0.25) is 9.59 Å². The maximum Gasteiger partial charge on any atom is 0.361 e. The second-order valence-corrected chi connectivity index (χ2v) is 27.3. The number of carboxylic acid groups (broad SMARTS) is 1. The molecule has 0 aromatic carbocycles. The lowest BCUT2D eigenvalue weighted by Gasteiger charge is -2.25. The number of nitrogens with zero attached hydrogens (tertiary/aromatic N) is 1. The molecule has 0 aromatic rings. The van der Waals surface area contributed by atoms with Crippen LogP contribution in [0.3, 0.4) is 0 Å². The van der Waals surface area contributed by atoms with Crippen LogP contribution in [0.5, 0.6) is 0 Å². The van der Waals surface area contributed by atoms with E-state index in [1.807, 2.05) is 21.1 Å². The van der Waals surface area contributed by atoms with Crippen molar-refractivity contribution in [2.24, 2.45) is 0 Å². The fraction of sp³-hybridized carbons (Fsp3) is 0.750. The van der Waals surface area contributed by atoms with Crippen LogP contribution >= 0.6 is 0 Å². The van der Waals surface area contributed by atoms with E-state index < -0.39 is 18.4 Å². The highest BCUT2D eigenvalue weighted by atomic mass is 16.7. The highest BCUT2D eigenvalue weighted by molar-refractivity contribution is 5.71. The lowest BCUT2D eigenvalue weighted by atomic mass is 10.0. The molecular formula is C84H148NO8+. The number of carbonyl (C=O) groups is 3. The third-order valence-corrected chi connectivity index (χ3v) is 17.0. The second-order valence-electron chi connectivity index (χ2n) is 27.3. The Morgan fingerprint density at radius 1 is 0.323 bits per heavy atom. The molecule has 0 aliphatic heterocycles. The van der Waals surface area contributed by atoms with Crippen molar-refractivity contribution < 1.29 is 42.9 Å². The molecule has 2 unspecified atom stereocenters. The van der Waals surface area contributed by atoms with Gasteiger partial charge in [-0.15, -0.1) is 0 Å². The normalized spacial score (nSPS) is 13.3. The summed E-state index contributed by atoms with van der Waals surface area (Å²) < 4.78 is 23.0. The van der Waals surface area contributed by atoms with Gasteiger partial charge in [0.1, 0.15) is 13.2 Å². The third-order valence-electron chi connectivity index (χ3n) is 17.0. The number of hydrogen-bond acceptors (Lipinski definition) is 7. The summed E-state index contributed by atoms with van der Waals surface area (Å²) in [5.74, 6) is -1.99. The molecule has 9 heteroatoms. The number of unbranched alkanes of at least 4 members (excludes halogenated alkanes) is 39. The fourth-order valence-electron chi connectivity index (χ4n) is 11.2. The predicted octanol–water partition coefficient (Wildman–Crippen LogP) is 24.9. The van der Waals surface area contributed by atoms with Crippen LogP contribution in [-0.4, -0.2) is 87.4 Å². The Morgan fingerprint density at radius 2 is 0.581 bits per heavy atom. The van der Waals surface area contributed by atoms with Gasteiger partial charge in [0.2, 0.25) is 0 Å². The van der Waals surface area contributed by atoms with E-state index in [9.17, 15) is 19.5 Å². The van der Waals surface area contributed by atoms with Gasteiger partial charge in [-0.05, 0) is 96.3 Å². The topological polar surface area (TPSA) is 108 Å². The standard InChI is InChI=1S/C84H147NO8/c1-6-8-10-12-14-16-18-20-22-24-26-28-30-32-34-36-37-38-39-40-41-42-43-44-45-47-49-51-53-55-57-59-61-63-65-67-69-71-73-75-82(87)93-80(79-92-84(83(88)89)90-77-76-85(3,4)5)78-91-81(86)74-72-70-68-66-64-62-60-58-56-54-52-50-48-46-35-33-31-29-27-25-23-21-19-17-15-13-11-9-7-2/h8-11,14-17,20-23,26-29,32,34,80,84H,6-7,12-13,18-19,24-25,30-31,33,35-79H2,1-5H3/p+1/b10-8-,11-9-,16-14-,17-15-,22-20-,23-21-,28-26-,29-27-,34-32-. The van der Waals surface area contributed by atoms with Gasteiger partial charge in [0.25, 0.3) is 6.29 Å². The molecule has 536 valence electrons. The van der Waals surface area contributed by atoms with Crippen molar-refractivity contribution in [2.75, 3.05) is 47.5 Å². The molecule has 0 aromatic heterocycles. The number of allylic oxidation sites excluding steroid dienone is 18. The van der Waals surface area contributed by atoms with Crippen LogP contribution in [0.15, 0.2) is 109 Å². The minimum Gasteiger partial charge on any atom is -0.477 e. The quantitative estimate of drug-likeness (QED) is 0.0211. The zero-order valence-electron chi connectivity index (χ0n) is 61.4. The molecule has 0 rings (SSSR count). The van der Waals surface area contributed by atoms with Crippen molar-refractivity contribution in [3.05, 3.63) is 109 Å². The van der Waals surface area contributed by atoms with Crippen molar-refractivity contribution in [2.45, 2.75) is 360 Å². The molecule has 0 saturated heterocycles. The average molecular weight is 1300 g/mol. The molecule has 1 N–H and O–H groups in total. The first-order chi connectivity index (χ1) is 45.6. The number of carbonyl (C=O) groups excluding carboxylic acids is 2. The van der Waals surface area contributed by atoms with Crippen LogP contribution in [0, 0.1) is 0 Å². The monoisotopic (exact) mass is 1300 g/mol. The summed E-state index contributed by atoms with van der Waals surface area (Å²) >= 11 is 0. The fourth-order valence-corrected chi connectivity index (χ4v) is 11.2.